The molecule has 1 atom stereocenters. The number of carbonyl (C=O) groups excluding carboxylic acids is 1. The zero-order valence-electron chi connectivity index (χ0n) is 24.6. The molecular weight excluding hydrogens is 554 g/mol. The van der Waals surface area contributed by atoms with E-state index >= 15 is 0 Å². The summed E-state index contributed by atoms with van der Waals surface area (Å²) in [4.78, 5) is 25.9. The first-order chi connectivity index (χ1) is 20.9. The van der Waals surface area contributed by atoms with Crippen LogP contribution in [0.25, 0.3) is 0 Å². The molecule has 4 aromatic rings. The standard InChI is InChI=1S/C33H33NO9/c1-38-23-16-17-27(39-2)24(18-23)30(35)28(43-31(21-12-8-6-9-13-21)22-14-10-7-11-15-22)19-25-32(41-4)26(34(36)37)20-29(40-3)33(25)42-5/h6-18,20,28,31H,19H2,1-5H3/t28-/m1/s1. The zero-order chi connectivity index (χ0) is 30.9. The van der Waals surface area contributed by atoms with Crippen molar-refractivity contribution in [1.29, 1.82) is 0 Å². The van der Waals surface area contributed by atoms with Gasteiger partial charge >= 0.3 is 5.69 Å². The number of benzene rings is 4. The molecule has 0 aromatic heterocycles. The van der Waals surface area contributed by atoms with Gasteiger partial charge in [-0.3, -0.25) is 14.9 Å². The van der Waals surface area contributed by atoms with Crippen LogP contribution in [-0.4, -0.2) is 52.4 Å². The van der Waals surface area contributed by atoms with Crippen molar-refractivity contribution in [3.63, 3.8) is 0 Å². The fourth-order valence-electron chi connectivity index (χ4n) is 4.92. The van der Waals surface area contributed by atoms with Crippen molar-refractivity contribution in [1.82, 2.24) is 0 Å². The minimum Gasteiger partial charge on any atom is -0.497 e. The second-order valence-corrected chi connectivity index (χ2v) is 9.36. The summed E-state index contributed by atoms with van der Waals surface area (Å²) in [7, 11) is 7.06. The molecule has 0 aliphatic rings. The summed E-state index contributed by atoms with van der Waals surface area (Å²) in [6.45, 7) is 0. The van der Waals surface area contributed by atoms with E-state index in [0.29, 0.717) is 11.5 Å². The highest BCUT2D eigenvalue weighted by Gasteiger charge is 2.34. The van der Waals surface area contributed by atoms with Gasteiger partial charge in [0.15, 0.2) is 17.3 Å². The van der Waals surface area contributed by atoms with Gasteiger partial charge in [0.2, 0.25) is 5.75 Å². The topological polar surface area (TPSA) is 116 Å². The second kappa shape index (κ2) is 14.2. The maximum absolute atomic E-state index is 14.5. The van der Waals surface area contributed by atoms with E-state index in [9.17, 15) is 14.9 Å². The van der Waals surface area contributed by atoms with Gasteiger partial charge in [0.25, 0.3) is 0 Å². The van der Waals surface area contributed by atoms with E-state index < -0.39 is 22.9 Å². The van der Waals surface area contributed by atoms with Gasteiger partial charge in [-0.25, -0.2) is 0 Å². The predicted molar refractivity (Wildman–Crippen MR) is 160 cm³/mol. The third-order valence-corrected chi connectivity index (χ3v) is 6.96. The molecule has 0 unspecified atom stereocenters. The van der Waals surface area contributed by atoms with Crippen LogP contribution in [0.4, 0.5) is 5.69 Å². The Labute approximate surface area is 249 Å². The first-order valence-corrected chi connectivity index (χ1v) is 13.3. The number of nitro benzene ring substituents is 1. The van der Waals surface area contributed by atoms with E-state index in [1.54, 1.807) is 18.2 Å². The van der Waals surface area contributed by atoms with Crippen molar-refractivity contribution in [2.75, 3.05) is 35.5 Å². The number of hydrogen-bond acceptors (Lipinski definition) is 9. The van der Waals surface area contributed by atoms with E-state index in [1.165, 1.54) is 41.6 Å². The van der Waals surface area contributed by atoms with Crippen molar-refractivity contribution < 1.29 is 38.1 Å². The number of carbonyl (C=O) groups is 1. The van der Waals surface area contributed by atoms with E-state index in [-0.39, 0.29) is 40.5 Å². The quantitative estimate of drug-likeness (QED) is 0.0960. The van der Waals surface area contributed by atoms with E-state index in [2.05, 4.69) is 0 Å². The van der Waals surface area contributed by atoms with Gasteiger partial charge in [0, 0.05) is 6.42 Å². The number of ether oxygens (including phenoxy) is 6. The molecule has 0 radical (unpaired) electrons. The molecule has 0 fully saturated rings. The molecular formula is C33H33NO9. The number of nitrogens with zero attached hydrogens (tertiary/aromatic N) is 1. The van der Waals surface area contributed by atoms with Crippen LogP contribution in [0.15, 0.2) is 84.9 Å². The van der Waals surface area contributed by atoms with Gasteiger partial charge < -0.3 is 28.4 Å². The minimum atomic E-state index is -1.21. The largest absolute Gasteiger partial charge is 0.497 e. The lowest BCUT2D eigenvalue weighted by atomic mass is 9.95. The average Bonchev–Trinajstić information content (AvgIpc) is 3.05. The highest BCUT2D eigenvalue weighted by atomic mass is 16.6. The van der Waals surface area contributed by atoms with Crippen molar-refractivity contribution >= 4 is 11.5 Å². The Morgan fingerprint density at radius 3 is 1.79 bits per heavy atom. The van der Waals surface area contributed by atoms with Crippen LogP contribution in [0.5, 0.6) is 28.7 Å². The molecule has 4 rings (SSSR count). The molecule has 0 saturated carbocycles. The second-order valence-electron chi connectivity index (χ2n) is 9.36. The van der Waals surface area contributed by atoms with Crippen molar-refractivity contribution in [3.05, 3.63) is 117 Å². The summed E-state index contributed by atoms with van der Waals surface area (Å²) in [5.41, 5.74) is 1.71. The molecule has 4 aromatic carbocycles. The SMILES string of the molecule is COc1ccc(OC)c(C(=O)[C@@H](Cc2c(OC)c(OC)cc([N+](=O)[O-])c2OC)OC(c2ccccc2)c2ccccc2)c1. The number of Topliss-reactive ketones (excluding diaryl/α,β-unsaturated/α-hetero) is 1. The molecule has 224 valence electrons. The predicted octanol–water partition coefficient (Wildman–Crippen LogP) is 6.24. The average molecular weight is 588 g/mol. The van der Waals surface area contributed by atoms with Gasteiger partial charge in [-0.2, -0.15) is 0 Å². The Kier molecular flexibility index (Phi) is 10.2. The van der Waals surface area contributed by atoms with Crippen LogP contribution in [0.2, 0.25) is 0 Å². The Morgan fingerprint density at radius 1 is 0.721 bits per heavy atom. The van der Waals surface area contributed by atoms with Crippen LogP contribution in [0, 0.1) is 10.1 Å². The van der Waals surface area contributed by atoms with E-state index in [0.717, 1.165) is 11.1 Å². The molecule has 43 heavy (non-hydrogen) atoms. The molecule has 0 heterocycles. The van der Waals surface area contributed by atoms with Crippen LogP contribution < -0.4 is 23.7 Å². The van der Waals surface area contributed by atoms with Crippen molar-refractivity contribution in [2.45, 2.75) is 18.6 Å². The van der Waals surface area contributed by atoms with Gasteiger partial charge in [-0.1, -0.05) is 60.7 Å². The lowest BCUT2D eigenvalue weighted by Gasteiger charge is -2.27. The Hall–Kier alpha value is -5.09. The summed E-state index contributed by atoms with van der Waals surface area (Å²) < 4.78 is 34.2. The highest BCUT2D eigenvalue weighted by molar-refractivity contribution is 6.02. The smallest absolute Gasteiger partial charge is 0.315 e. The highest BCUT2D eigenvalue weighted by Crippen LogP contribution is 2.45. The van der Waals surface area contributed by atoms with E-state index in [4.69, 9.17) is 28.4 Å². The summed E-state index contributed by atoms with van der Waals surface area (Å²) >= 11 is 0. The van der Waals surface area contributed by atoms with Crippen LogP contribution in [0.1, 0.15) is 33.2 Å². The Morgan fingerprint density at radius 2 is 1.30 bits per heavy atom. The van der Waals surface area contributed by atoms with Gasteiger partial charge in [0.05, 0.1) is 57.7 Å². The summed E-state index contributed by atoms with van der Waals surface area (Å²) in [6, 6.07) is 25.0. The Bertz CT molecular complexity index is 1520. The number of hydrogen-bond donors (Lipinski definition) is 0. The maximum Gasteiger partial charge on any atom is 0.315 e. The number of rotatable bonds is 14. The number of methoxy groups -OCH3 is 5. The van der Waals surface area contributed by atoms with Crippen LogP contribution in [0.3, 0.4) is 0 Å². The number of ketones is 1. The van der Waals surface area contributed by atoms with E-state index in [1.807, 2.05) is 60.7 Å². The van der Waals surface area contributed by atoms with Gasteiger partial charge in [-0.15, -0.1) is 0 Å². The van der Waals surface area contributed by atoms with Gasteiger partial charge in [-0.05, 0) is 29.3 Å². The molecule has 0 aliphatic carbocycles. The monoisotopic (exact) mass is 587 g/mol. The first kappa shape index (κ1) is 30.9. The third-order valence-electron chi connectivity index (χ3n) is 6.96. The molecule has 0 spiro atoms. The minimum absolute atomic E-state index is 0.0716. The summed E-state index contributed by atoms with van der Waals surface area (Å²) in [5, 5.41) is 12.0. The lowest BCUT2D eigenvalue weighted by Crippen LogP contribution is -2.30. The molecule has 0 saturated heterocycles. The van der Waals surface area contributed by atoms with Crippen molar-refractivity contribution in [3.8, 4) is 28.7 Å². The molecule has 0 amide bonds. The molecule has 10 nitrogen and oxygen atoms in total. The lowest BCUT2D eigenvalue weighted by molar-refractivity contribution is -0.385. The fourth-order valence-corrected chi connectivity index (χ4v) is 4.92. The van der Waals surface area contributed by atoms with Crippen LogP contribution in [-0.2, 0) is 11.2 Å². The number of nitro groups is 1. The normalized spacial score (nSPS) is 11.5. The molecule has 0 bridgehead atoms. The first-order valence-electron chi connectivity index (χ1n) is 13.3. The van der Waals surface area contributed by atoms with Crippen molar-refractivity contribution in [2.24, 2.45) is 0 Å². The summed E-state index contributed by atoms with van der Waals surface area (Å²) in [6.07, 6.45) is -2.05. The maximum atomic E-state index is 14.5. The zero-order valence-corrected chi connectivity index (χ0v) is 24.6. The third kappa shape index (κ3) is 6.70. The molecule has 0 aliphatic heterocycles. The fraction of sp³-hybridized carbons (Fsp3) is 0.242. The molecule has 10 heteroatoms. The van der Waals surface area contributed by atoms with Gasteiger partial charge in [0.1, 0.15) is 23.7 Å². The Balaban J connectivity index is 1.94. The molecule has 0 N–H and O–H groups in total. The van der Waals surface area contributed by atoms with Crippen LogP contribution >= 0.6 is 0 Å². The summed E-state index contributed by atoms with van der Waals surface area (Å²) in [5.74, 6) is 0.529.